The Balaban J connectivity index is 2.76. The van der Waals surface area contributed by atoms with Crippen LogP contribution in [-0.2, 0) is 6.42 Å². The molecule has 3 heteroatoms. The van der Waals surface area contributed by atoms with Crippen LogP contribution < -0.4 is 14.8 Å². The molecule has 0 radical (unpaired) electrons. The van der Waals surface area contributed by atoms with Crippen molar-refractivity contribution in [2.24, 2.45) is 0 Å². The second-order valence-electron chi connectivity index (χ2n) is 3.36. The Morgan fingerprint density at radius 2 is 2.00 bits per heavy atom. The summed E-state index contributed by atoms with van der Waals surface area (Å²) in [5, 5.41) is 3.13. The van der Waals surface area contributed by atoms with E-state index in [-0.39, 0.29) is 0 Å². The quantitative estimate of drug-likeness (QED) is 0.725. The van der Waals surface area contributed by atoms with Crippen molar-refractivity contribution < 1.29 is 9.47 Å². The van der Waals surface area contributed by atoms with Crippen LogP contribution in [0.25, 0.3) is 0 Å². The molecule has 15 heavy (non-hydrogen) atoms. The van der Waals surface area contributed by atoms with Crippen LogP contribution in [0.4, 0.5) is 0 Å². The maximum atomic E-state index is 5.35. The molecule has 0 saturated carbocycles. The third-order valence-corrected chi connectivity index (χ3v) is 2.36. The van der Waals surface area contributed by atoms with Gasteiger partial charge in [0, 0.05) is 0 Å². The first-order valence-electron chi connectivity index (χ1n) is 5.18. The second-order valence-corrected chi connectivity index (χ2v) is 3.36. The highest BCUT2D eigenvalue weighted by molar-refractivity contribution is 5.46. The molecule has 0 aliphatic rings. The fourth-order valence-corrected chi connectivity index (χ4v) is 1.61. The number of aryl methyl sites for hydroxylation is 1. The van der Waals surface area contributed by atoms with Gasteiger partial charge in [0.15, 0.2) is 11.5 Å². The van der Waals surface area contributed by atoms with Gasteiger partial charge in [-0.3, -0.25) is 0 Å². The van der Waals surface area contributed by atoms with Gasteiger partial charge >= 0.3 is 0 Å². The minimum Gasteiger partial charge on any atom is -0.493 e. The van der Waals surface area contributed by atoms with Crippen molar-refractivity contribution in [3.05, 3.63) is 23.8 Å². The lowest BCUT2D eigenvalue weighted by Crippen LogP contribution is -2.08. The molecule has 0 aromatic heterocycles. The van der Waals surface area contributed by atoms with Crippen molar-refractivity contribution in [2.45, 2.75) is 12.8 Å². The van der Waals surface area contributed by atoms with Crippen molar-refractivity contribution >= 4 is 0 Å². The summed E-state index contributed by atoms with van der Waals surface area (Å²) >= 11 is 0. The summed E-state index contributed by atoms with van der Waals surface area (Å²) < 4.78 is 10.6. The predicted octanol–water partition coefficient (Wildman–Crippen LogP) is 1.86. The molecule has 0 saturated heterocycles. The predicted molar refractivity (Wildman–Crippen MR) is 61.8 cm³/mol. The molecule has 84 valence electrons. The molecular weight excluding hydrogens is 190 g/mol. The number of methoxy groups -OCH3 is 2. The summed E-state index contributed by atoms with van der Waals surface area (Å²) in [6, 6.07) is 5.99. The third-order valence-electron chi connectivity index (χ3n) is 2.36. The summed E-state index contributed by atoms with van der Waals surface area (Å²) in [5.74, 6) is 1.66. The van der Waals surface area contributed by atoms with Crippen LogP contribution in [0.3, 0.4) is 0 Å². The van der Waals surface area contributed by atoms with E-state index >= 15 is 0 Å². The lowest BCUT2D eigenvalue weighted by Gasteiger charge is -2.12. The molecular formula is C12H19NO2. The normalized spacial score (nSPS) is 10.1. The van der Waals surface area contributed by atoms with Crippen LogP contribution in [-0.4, -0.2) is 27.8 Å². The molecule has 1 aromatic carbocycles. The highest BCUT2D eigenvalue weighted by atomic mass is 16.5. The SMILES string of the molecule is CNCCCc1cccc(OC)c1OC. The van der Waals surface area contributed by atoms with E-state index < -0.39 is 0 Å². The standard InChI is InChI=1S/C12H19NO2/c1-13-9-5-7-10-6-4-8-11(14-2)12(10)15-3/h4,6,8,13H,5,7,9H2,1-3H3. The van der Waals surface area contributed by atoms with Crippen LogP contribution in [0.2, 0.25) is 0 Å². The van der Waals surface area contributed by atoms with Gasteiger partial charge in [0.25, 0.3) is 0 Å². The number of hydrogen-bond acceptors (Lipinski definition) is 3. The van der Waals surface area contributed by atoms with Crippen molar-refractivity contribution in [3.63, 3.8) is 0 Å². The number of para-hydroxylation sites is 1. The molecule has 1 N–H and O–H groups in total. The van der Waals surface area contributed by atoms with Crippen molar-refractivity contribution in [3.8, 4) is 11.5 Å². The van der Waals surface area contributed by atoms with Gasteiger partial charge in [0.2, 0.25) is 0 Å². The largest absolute Gasteiger partial charge is 0.493 e. The van der Waals surface area contributed by atoms with E-state index in [4.69, 9.17) is 9.47 Å². The van der Waals surface area contributed by atoms with Gasteiger partial charge in [0.1, 0.15) is 0 Å². The Labute approximate surface area is 91.4 Å². The van der Waals surface area contributed by atoms with E-state index in [1.165, 1.54) is 5.56 Å². The number of rotatable bonds is 6. The molecule has 0 spiro atoms. The number of benzene rings is 1. The molecule has 3 nitrogen and oxygen atoms in total. The molecule has 1 aromatic rings. The fraction of sp³-hybridized carbons (Fsp3) is 0.500. The number of nitrogens with one attached hydrogen (secondary N) is 1. The summed E-state index contributed by atoms with van der Waals surface area (Å²) in [6.45, 7) is 1.01. The lowest BCUT2D eigenvalue weighted by molar-refractivity contribution is 0.351. The fourth-order valence-electron chi connectivity index (χ4n) is 1.61. The molecule has 0 bridgehead atoms. The smallest absolute Gasteiger partial charge is 0.163 e. The van der Waals surface area contributed by atoms with Crippen LogP contribution in [0.15, 0.2) is 18.2 Å². The molecule has 0 aliphatic carbocycles. The van der Waals surface area contributed by atoms with Gasteiger partial charge in [-0.05, 0) is 38.1 Å². The Hall–Kier alpha value is -1.22. The maximum Gasteiger partial charge on any atom is 0.163 e. The zero-order chi connectivity index (χ0) is 11.1. The van der Waals surface area contributed by atoms with Gasteiger partial charge in [-0.25, -0.2) is 0 Å². The van der Waals surface area contributed by atoms with Crippen LogP contribution in [0.1, 0.15) is 12.0 Å². The molecule has 0 amide bonds. The summed E-state index contributed by atoms with van der Waals surface area (Å²) in [7, 11) is 5.30. The van der Waals surface area contributed by atoms with Crippen LogP contribution in [0.5, 0.6) is 11.5 Å². The first-order chi connectivity index (χ1) is 7.33. The molecule has 0 atom stereocenters. The summed E-state index contributed by atoms with van der Waals surface area (Å²) in [4.78, 5) is 0. The van der Waals surface area contributed by atoms with Crippen LogP contribution in [0, 0.1) is 0 Å². The minimum atomic E-state index is 0.805. The maximum absolute atomic E-state index is 5.35. The average molecular weight is 209 g/mol. The number of ether oxygens (including phenoxy) is 2. The Morgan fingerprint density at radius 3 is 2.60 bits per heavy atom. The minimum absolute atomic E-state index is 0.805. The van der Waals surface area contributed by atoms with Gasteiger partial charge in [-0.2, -0.15) is 0 Å². The Morgan fingerprint density at radius 1 is 1.20 bits per heavy atom. The van der Waals surface area contributed by atoms with E-state index in [1.54, 1.807) is 14.2 Å². The Bertz CT molecular complexity index is 300. The third kappa shape index (κ3) is 3.13. The monoisotopic (exact) mass is 209 g/mol. The molecule has 0 aliphatic heterocycles. The lowest BCUT2D eigenvalue weighted by atomic mass is 10.1. The molecule has 0 unspecified atom stereocenters. The van der Waals surface area contributed by atoms with Crippen molar-refractivity contribution in [2.75, 3.05) is 27.8 Å². The van der Waals surface area contributed by atoms with E-state index in [2.05, 4.69) is 11.4 Å². The second kappa shape index (κ2) is 6.30. The van der Waals surface area contributed by atoms with E-state index in [0.717, 1.165) is 30.9 Å². The zero-order valence-corrected chi connectivity index (χ0v) is 9.67. The van der Waals surface area contributed by atoms with E-state index in [0.29, 0.717) is 0 Å². The topological polar surface area (TPSA) is 30.5 Å². The first kappa shape index (κ1) is 11.9. The van der Waals surface area contributed by atoms with Crippen LogP contribution >= 0.6 is 0 Å². The van der Waals surface area contributed by atoms with Gasteiger partial charge < -0.3 is 14.8 Å². The Kier molecular flexibility index (Phi) is 4.98. The average Bonchev–Trinajstić information content (AvgIpc) is 2.29. The van der Waals surface area contributed by atoms with Crippen molar-refractivity contribution in [1.29, 1.82) is 0 Å². The van der Waals surface area contributed by atoms with E-state index in [1.807, 2.05) is 19.2 Å². The highest BCUT2D eigenvalue weighted by Crippen LogP contribution is 2.31. The van der Waals surface area contributed by atoms with Gasteiger partial charge in [-0.15, -0.1) is 0 Å². The number of hydrogen-bond donors (Lipinski definition) is 1. The van der Waals surface area contributed by atoms with Gasteiger partial charge in [0.05, 0.1) is 14.2 Å². The first-order valence-corrected chi connectivity index (χ1v) is 5.18. The van der Waals surface area contributed by atoms with E-state index in [9.17, 15) is 0 Å². The summed E-state index contributed by atoms with van der Waals surface area (Å²) in [6.07, 6.45) is 2.10. The van der Waals surface area contributed by atoms with Crippen molar-refractivity contribution in [1.82, 2.24) is 5.32 Å². The summed E-state index contributed by atoms with van der Waals surface area (Å²) in [5.41, 5.74) is 1.20. The molecule has 0 heterocycles. The highest BCUT2D eigenvalue weighted by Gasteiger charge is 2.08. The van der Waals surface area contributed by atoms with Gasteiger partial charge in [-0.1, -0.05) is 12.1 Å². The molecule has 1 rings (SSSR count). The zero-order valence-electron chi connectivity index (χ0n) is 9.67. The molecule has 0 fully saturated rings.